The van der Waals surface area contributed by atoms with Gasteiger partial charge in [-0.15, -0.1) is 0 Å². The first-order chi connectivity index (χ1) is 13.9. The minimum absolute atomic E-state index is 0.0141. The Morgan fingerprint density at radius 1 is 1.31 bits per heavy atom. The summed E-state index contributed by atoms with van der Waals surface area (Å²) >= 11 is 0. The quantitative estimate of drug-likeness (QED) is 0.705. The summed E-state index contributed by atoms with van der Waals surface area (Å²) in [6.45, 7) is 3.78. The second kappa shape index (κ2) is 7.69. The van der Waals surface area contributed by atoms with Crippen LogP contribution < -0.4 is 11.2 Å². The maximum absolute atomic E-state index is 12.7. The van der Waals surface area contributed by atoms with Crippen molar-refractivity contribution in [1.82, 2.24) is 24.0 Å². The molecule has 0 fully saturated rings. The zero-order chi connectivity index (χ0) is 20.5. The van der Waals surface area contributed by atoms with Gasteiger partial charge in [-0.1, -0.05) is 12.1 Å². The Morgan fingerprint density at radius 3 is 2.93 bits per heavy atom. The molecule has 1 aromatic carbocycles. The number of aryl methyl sites for hydroxylation is 3. The van der Waals surface area contributed by atoms with E-state index in [1.807, 2.05) is 14.0 Å². The second-order valence-electron chi connectivity index (χ2n) is 7.81. The normalized spacial score (nSPS) is 16.0. The highest BCUT2D eigenvalue weighted by Gasteiger charge is 2.22. The van der Waals surface area contributed by atoms with Gasteiger partial charge >= 0.3 is 5.69 Å². The molecule has 3 aromatic rings. The Balaban J connectivity index is 1.41. The Labute approximate surface area is 167 Å². The molecule has 1 atom stereocenters. The molecule has 8 heteroatoms. The number of para-hydroxylation sites is 1. The molecule has 29 heavy (non-hydrogen) atoms. The van der Waals surface area contributed by atoms with Gasteiger partial charge in [0.1, 0.15) is 5.82 Å². The lowest BCUT2D eigenvalue weighted by atomic mass is 9.99. The number of hydrogen-bond acceptors (Lipinski definition) is 4. The van der Waals surface area contributed by atoms with Gasteiger partial charge in [0.15, 0.2) is 0 Å². The average molecular weight is 395 g/mol. The van der Waals surface area contributed by atoms with Crippen molar-refractivity contribution in [2.45, 2.75) is 39.3 Å². The fourth-order valence-corrected chi connectivity index (χ4v) is 4.16. The number of nitrogens with zero attached hydrogens (tertiary/aromatic N) is 4. The number of amides is 1. The summed E-state index contributed by atoms with van der Waals surface area (Å²) in [5.74, 6) is 1.50. The zero-order valence-electron chi connectivity index (χ0n) is 16.7. The standard InChI is InChI=1S/C21H25N5O3/c1-14-11-25-13-15(7-8-18(25)22-14)12-24(2)19(27)9-10-26-17-6-4-3-5-16(17)20(28)23-21(26)29/h3-6,11,15H,7-10,12-13H2,1-2H3,(H,23,28,29). The maximum atomic E-state index is 12.7. The van der Waals surface area contributed by atoms with Crippen LogP contribution in [0.4, 0.5) is 0 Å². The molecule has 1 amide bonds. The highest BCUT2D eigenvalue weighted by atomic mass is 16.2. The topological polar surface area (TPSA) is 93.0 Å². The summed E-state index contributed by atoms with van der Waals surface area (Å²) in [7, 11) is 1.81. The lowest BCUT2D eigenvalue weighted by Gasteiger charge is -2.28. The van der Waals surface area contributed by atoms with Crippen LogP contribution in [0.15, 0.2) is 40.1 Å². The van der Waals surface area contributed by atoms with Gasteiger partial charge in [0.2, 0.25) is 5.91 Å². The number of rotatable bonds is 5. The number of hydrogen-bond donors (Lipinski definition) is 1. The summed E-state index contributed by atoms with van der Waals surface area (Å²) in [5, 5.41) is 0.446. The molecule has 1 aliphatic rings. The number of carbonyl (C=O) groups excluding carboxylic acids is 1. The lowest BCUT2D eigenvalue weighted by molar-refractivity contribution is -0.130. The number of aromatic nitrogens is 4. The highest BCUT2D eigenvalue weighted by Crippen LogP contribution is 2.21. The van der Waals surface area contributed by atoms with Gasteiger partial charge in [0.25, 0.3) is 5.56 Å². The van der Waals surface area contributed by atoms with Gasteiger partial charge in [-0.05, 0) is 31.4 Å². The van der Waals surface area contributed by atoms with Crippen molar-refractivity contribution in [2.24, 2.45) is 5.92 Å². The highest BCUT2D eigenvalue weighted by molar-refractivity contribution is 5.78. The minimum atomic E-state index is -0.487. The first kappa shape index (κ1) is 19.2. The third kappa shape index (κ3) is 3.87. The van der Waals surface area contributed by atoms with E-state index in [4.69, 9.17) is 0 Å². The van der Waals surface area contributed by atoms with Gasteiger partial charge in [0.05, 0.1) is 16.6 Å². The molecule has 3 heterocycles. The van der Waals surface area contributed by atoms with E-state index >= 15 is 0 Å². The van der Waals surface area contributed by atoms with Crippen molar-refractivity contribution in [3.8, 4) is 0 Å². The molecule has 1 aliphatic heterocycles. The van der Waals surface area contributed by atoms with Crippen molar-refractivity contribution in [1.29, 1.82) is 0 Å². The van der Waals surface area contributed by atoms with Crippen LogP contribution in [0.2, 0.25) is 0 Å². The predicted octanol–water partition coefficient (Wildman–Crippen LogP) is 1.31. The maximum Gasteiger partial charge on any atom is 0.328 e. The van der Waals surface area contributed by atoms with Crippen LogP contribution in [0.3, 0.4) is 0 Å². The number of fused-ring (bicyclic) bond motifs is 2. The van der Waals surface area contributed by atoms with E-state index in [0.717, 1.165) is 30.9 Å². The van der Waals surface area contributed by atoms with E-state index in [-0.39, 0.29) is 18.9 Å². The van der Waals surface area contributed by atoms with Crippen molar-refractivity contribution in [3.63, 3.8) is 0 Å². The van der Waals surface area contributed by atoms with E-state index in [0.29, 0.717) is 23.4 Å². The average Bonchev–Trinajstić information content (AvgIpc) is 3.07. The molecular weight excluding hydrogens is 370 g/mol. The Hall–Kier alpha value is -3.16. The molecule has 0 saturated heterocycles. The van der Waals surface area contributed by atoms with Crippen LogP contribution in [-0.4, -0.2) is 43.5 Å². The van der Waals surface area contributed by atoms with Gasteiger partial charge in [-0.2, -0.15) is 0 Å². The number of aromatic amines is 1. The number of carbonyl (C=O) groups is 1. The van der Waals surface area contributed by atoms with Crippen LogP contribution in [-0.2, 0) is 24.3 Å². The number of nitrogens with one attached hydrogen (secondary N) is 1. The SMILES string of the molecule is Cc1cn2c(n1)CCC(CN(C)C(=O)CCn1c(=O)[nH]c(=O)c3ccccc31)C2. The molecule has 1 N–H and O–H groups in total. The van der Waals surface area contributed by atoms with Crippen molar-refractivity contribution in [2.75, 3.05) is 13.6 Å². The molecule has 4 rings (SSSR count). The Morgan fingerprint density at radius 2 is 2.10 bits per heavy atom. The smallest absolute Gasteiger partial charge is 0.328 e. The predicted molar refractivity (Wildman–Crippen MR) is 110 cm³/mol. The van der Waals surface area contributed by atoms with E-state index in [2.05, 4.69) is 20.7 Å². The van der Waals surface area contributed by atoms with Gasteiger partial charge in [0, 0.05) is 45.7 Å². The van der Waals surface area contributed by atoms with E-state index < -0.39 is 11.2 Å². The Kier molecular flexibility index (Phi) is 5.08. The van der Waals surface area contributed by atoms with Gasteiger partial charge in [-0.3, -0.25) is 19.1 Å². The van der Waals surface area contributed by atoms with E-state index in [1.165, 1.54) is 4.57 Å². The van der Waals surface area contributed by atoms with Crippen LogP contribution in [0.5, 0.6) is 0 Å². The molecule has 0 saturated carbocycles. The molecule has 0 spiro atoms. The largest absolute Gasteiger partial charge is 0.345 e. The van der Waals surface area contributed by atoms with Gasteiger partial charge in [-0.25, -0.2) is 9.78 Å². The Bertz CT molecular complexity index is 1170. The van der Waals surface area contributed by atoms with Crippen molar-refractivity contribution < 1.29 is 4.79 Å². The first-order valence-electron chi connectivity index (χ1n) is 9.91. The number of imidazole rings is 1. The first-order valence-corrected chi connectivity index (χ1v) is 9.91. The van der Waals surface area contributed by atoms with E-state index in [1.54, 1.807) is 29.2 Å². The molecule has 1 unspecified atom stereocenters. The molecule has 0 radical (unpaired) electrons. The van der Waals surface area contributed by atoms with Crippen LogP contribution in [0.25, 0.3) is 10.9 Å². The van der Waals surface area contributed by atoms with Crippen LogP contribution in [0, 0.1) is 12.8 Å². The third-order valence-electron chi connectivity index (χ3n) is 5.62. The summed E-state index contributed by atoms with van der Waals surface area (Å²) in [6, 6.07) is 6.93. The third-order valence-corrected chi connectivity index (χ3v) is 5.62. The summed E-state index contributed by atoms with van der Waals surface area (Å²) < 4.78 is 3.65. The molecule has 8 nitrogen and oxygen atoms in total. The number of benzene rings is 1. The van der Waals surface area contributed by atoms with Gasteiger partial charge < -0.3 is 9.47 Å². The zero-order valence-corrected chi connectivity index (χ0v) is 16.7. The van der Waals surface area contributed by atoms with Crippen LogP contribution in [0.1, 0.15) is 24.4 Å². The van der Waals surface area contributed by atoms with Crippen molar-refractivity contribution >= 4 is 16.8 Å². The minimum Gasteiger partial charge on any atom is -0.345 e. The molecular formula is C21H25N5O3. The summed E-state index contributed by atoms with van der Waals surface area (Å²) in [4.78, 5) is 45.5. The fourth-order valence-electron chi connectivity index (χ4n) is 4.16. The monoisotopic (exact) mass is 395 g/mol. The summed E-state index contributed by atoms with van der Waals surface area (Å²) in [5.41, 5.74) is 0.687. The van der Waals surface area contributed by atoms with Crippen molar-refractivity contribution in [3.05, 3.63) is 62.8 Å². The van der Waals surface area contributed by atoms with E-state index in [9.17, 15) is 14.4 Å². The molecule has 0 aliphatic carbocycles. The van der Waals surface area contributed by atoms with Crippen LogP contribution >= 0.6 is 0 Å². The molecule has 152 valence electrons. The number of H-pyrrole nitrogens is 1. The molecule has 2 aromatic heterocycles. The fraction of sp³-hybridized carbons (Fsp3) is 0.429. The second-order valence-corrected chi connectivity index (χ2v) is 7.81. The lowest BCUT2D eigenvalue weighted by Crippen LogP contribution is -2.37. The summed E-state index contributed by atoms with van der Waals surface area (Å²) in [6.07, 6.45) is 4.21. The molecule has 0 bridgehead atoms.